The number of rotatable bonds is 4. The molecule has 1 amide bonds. The van der Waals surface area contributed by atoms with Crippen molar-refractivity contribution in [2.24, 2.45) is 5.10 Å². The first-order valence-corrected chi connectivity index (χ1v) is 15.1. The zero-order valence-corrected chi connectivity index (χ0v) is 24.3. The van der Waals surface area contributed by atoms with Crippen LogP contribution in [-0.4, -0.2) is 31.6 Å². The van der Waals surface area contributed by atoms with Gasteiger partial charge in [0.2, 0.25) is 0 Å². The number of halogens is 1. The monoisotopic (exact) mass is 601 g/mol. The first-order valence-electron chi connectivity index (χ1n) is 13.9. The fourth-order valence-electron chi connectivity index (χ4n) is 5.85. The Morgan fingerprint density at radius 1 is 0.907 bits per heavy atom. The Labute approximate surface area is 257 Å². The highest BCUT2D eigenvalue weighted by Gasteiger charge is 2.58. The summed E-state index contributed by atoms with van der Waals surface area (Å²) in [5.41, 5.74) is 6.45. The summed E-state index contributed by atoms with van der Waals surface area (Å²) in [4.78, 5) is 13.9. The summed E-state index contributed by atoms with van der Waals surface area (Å²) in [7, 11) is 0. The maximum absolute atomic E-state index is 13.2. The van der Waals surface area contributed by atoms with Crippen LogP contribution in [0, 0.1) is 0 Å². The number of para-hydroxylation sites is 2. The van der Waals surface area contributed by atoms with Crippen LogP contribution in [0.3, 0.4) is 0 Å². The van der Waals surface area contributed by atoms with Crippen molar-refractivity contribution >= 4 is 40.4 Å². The van der Waals surface area contributed by atoms with Crippen molar-refractivity contribution in [1.82, 2.24) is 20.1 Å². The van der Waals surface area contributed by atoms with Gasteiger partial charge < -0.3 is 4.74 Å². The van der Waals surface area contributed by atoms with Crippen LogP contribution >= 0.6 is 23.4 Å². The first kappa shape index (κ1) is 25.9. The summed E-state index contributed by atoms with van der Waals surface area (Å²) in [6, 6.07) is 35.5. The number of nitrogens with one attached hydrogen (secondary N) is 1. The molecule has 1 fully saturated rings. The molecule has 0 aliphatic carbocycles. The van der Waals surface area contributed by atoms with E-state index in [1.54, 1.807) is 0 Å². The molecule has 2 atom stereocenters. The van der Waals surface area contributed by atoms with Crippen LogP contribution in [0.5, 0.6) is 5.75 Å². The molecule has 1 N–H and O–H groups in total. The van der Waals surface area contributed by atoms with E-state index in [4.69, 9.17) is 26.5 Å². The zero-order chi connectivity index (χ0) is 29.0. The van der Waals surface area contributed by atoms with Crippen LogP contribution in [0.1, 0.15) is 29.2 Å². The van der Waals surface area contributed by atoms with Crippen molar-refractivity contribution < 1.29 is 9.53 Å². The Bertz CT molecular complexity index is 1920. The molecule has 4 heterocycles. The van der Waals surface area contributed by atoms with Crippen molar-refractivity contribution in [3.8, 4) is 22.7 Å². The van der Waals surface area contributed by atoms with E-state index in [0.717, 1.165) is 51.1 Å². The molecular weight excluding hydrogens is 578 g/mol. The number of fused-ring (bicyclic) bond motifs is 4. The van der Waals surface area contributed by atoms with Crippen LogP contribution in [-0.2, 0) is 0 Å². The van der Waals surface area contributed by atoms with Gasteiger partial charge in [0.25, 0.3) is 5.24 Å². The van der Waals surface area contributed by atoms with E-state index in [1.807, 2.05) is 125 Å². The third kappa shape index (κ3) is 4.42. The fourth-order valence-corrected chi connectivity index (χ4v) is 6.88. The number of amides is 1. The Morgan fingerprint density at radius 3 is 2.42 bits per heavy atom. The van der Waals surface area contributed by atoms with Crippen LogP contribution in [0.2, 0.25) is 5.02 Å². The van der Waals surface area contributed by atoms with E-state index in [0.29, 0.717) is 22.1 Å². The minimum Gasteiger partial charge on any atom is -0.444 e. The van der Waals surface area contributed by atoms with Crippen LogP contribution in [0.15, 0.2) is 125 Å². The quantitative estimate of drug-likeness (QED) is 0.227. The third-order valence-electron chi connectivity index (χ3n) is 7.85. The number of ether oxygens (including phenoxy) is 1. The summed E-state index contributed by atoms with van der Waals surface area (Å²) in [5, 5.41) is 15.6. The molecule has 8 rings (SSSR count). The first-order chi connectivity index (χ1) is 21.1. The van der Waals surface area contributed by atoms with Crippen molar-refractivity contribution in [2.75, 3.05) is 0 Å². The molecule has 0 bridgehead atoms. The van der Waals surface area contributed by atoms with Gasteiger partial charge in [-0.1, -0.05) is 90.5 Å². The minimum atomic E-state index is -1.32. The number of benzene rings is 4. The summed E-state index contributed by atoms with van der Waals surface area (Å²) in [6.45, 7) is 0. The van der Waals surface area contributed by atoms with E-state index < -0.39 is 5.85 Å². The van der Waals surface area contributed by atoms with E-state index in [2.05, 4.69) is 11.4 Å². The SMILES string of the molecule is O=C1NC2(Oc3ccccc3C3CC(c4ccc(Cl)cc4)=NN32)/C(=C/c2cn(-c3ccccc3)nc2-c2ccccc2)S1. The molecular formula is C34H24ClN5O2S. The van der Waals surface area contributed by atoms with Crippen LogP contribution in [0.25, 0.3) is 23.0 Å². The topological polar surface area (TPSA) is 71.8 Å². The highest BCUT2D eigenvalue weighted by atomic mass is 35.5. The molecule has 9 heteroatoms. The molecule has 2 unspecified atom stereocenters. The van der Waals surface area contributed by atoms with Crippen LogP contribution < -0.4 is 10.1 Å². The van der Waals surface area contributed by atoms with Gasteiger partial charge in [-0.3, -0.25) is 10.1 Å². The Morgan fingerprint density at radius 2 is 1.63 bits per heavy atom. The summed E-state index contributed by atoms with van der Waals surface area (Å²) in [5.74, 6) is -0.606. The lowest BCUT2D eigenvalue weighted by Crippen LogP contribution is -2.61. The van der Waals surface area contributed by atoms with E-state index in [1.165, 1.54) is 0 Å². The molecule has 210 valence electrons. The average Bonchev–Trinajstić information content (AvgIpc) is 3.75. The van der Waals surface area contributed by atoms with E-state index in [9.17, 15) is 4.79 Å². The summed E-state index contributed by atoms with van der Waals surface area (Å²) in [6.07, 6.45) is 4.64. The normalized spacial score (nSPS) is 21.4. The van der Waals surface area contributed by atoms with Crippen molar-refractivity contribution in [3.63, 3.8) is 0 Å². The number of carbonyl (C=O) groups excluding carboxylic acids is 1. The van der Waals surface area contributed by atoms with E-state index in [-0.39, 0.29) is 11.3 Å². The van der Waals surface area contributed by atoms with Gasteiger partial charge in [0.05, 0.1) is 28.0 Å². The lowest BCUT2D eigenvalue weighted by atomic mass is 9.95. The smallest absolute Gasteiger partial charge is 0.314 e. The molecule has 0 radical (unpaired) electrons. The van der Waals surface area contributed by atoms with Gasteiger partial charge in [0.1, 0.15) is 5.75 Å². The predicted octanol–water partition coefficient (Wildman–Crippen LogP) is 7.89. The third-order valence-corrected chi connectivity index (χ3v) is 9.01. The van der Waals surface area contributed by atoms with Gasteiger partial charge >= 0.3 is 5.85 Å². The Balaban J connectivity index is 1.29. The van der Waals surface area contributed by atoms with Gasteiger partial charge in [0, 0.05) is 34.3 Å². The maximum Gasteiger partial charge on any atom is 0.314 e. The highest BCUT2D eigenvalue weighted by molar-refractivity contribution is 8.17. The standard InChI is InChI=1S/C34H24ClN5O2S/c35-25-17-15-22(16-18-25)28-20-29-27-13-7-8-14-30(27)42-34(40(29)37-28)31(43-33(41)36-34)19-24-21-39(26-11-5-2-6-12-26)38-32(24)23-9-3-1-4-10-23/h1-19,21,29H,20H2,(H,36,41)/b31-19-. The minimum absolute atomic E-state index is 0.140. The maximum atomic E-state index is 13.2. The van der Waals surface area contributed by atoms with Crippen molar-refractivity contribution in [2.45, 2.75) is 18.3 Å². The highest BCUT2D eigenvalue weighted by Crippen LogP contribution is 2.53. The lowest BCUT2D eigenvalue weighted by Gasteiger charge is -2.45. The van der Waals surface area contributed by atoms with Gasteiger partial charge in [-0.25, -0.2) is 9.69 Å². The molecule has 1 aromatic heterocycles. The second-order valence-corrected chi connectivity index (χ2v) is 12.0. The van der Waals surface area contributed by atoms with Crippen LogP contribution in [0.4, 0.5) is 4.79 Å². The molecule has 1 saturated heterocycles. The van der Waals surface area contributed by atoms with Crippen molar-refractivity contribution in [1.29, 1.82) is 0 Å². The molecule has 5 aromatic rings. The van der Waals surface area contributed by atoms with Crippen molar-refractivity contribution in [3.05, 3.63) is 142 Å². The number of thioether (sulfide) groups is 1. The number of aromatic nitrogens is 2. The molecule has 7 nitrogen and oxygen atoms in total. The predicted molar refractivity (Wildman–Crippen MR) is 170 cm³/mol. The lowest BCUT2D eigenvalue weighted by molar-refractivity contribution is -0.0949. The number of hydrazone groups is 1. The average molecular weight is 602 g/mol. The Kier molecular flexibility index (Phi) is 6.13. The number of hydrogen-bond acceptors (Lipinski definition) is 6. The molecule has 4 aromatic carbocycles. The summed E-state index contributed by atoms with van der Waals surface area (Å²) < 4.78 is 8.60. The second-order valence-electron chi connectivity index (χ2n) is 10.5. The van der Waals surface area contributed by atoms with Gasteiger partial charge in [-0.2, -0.15) is 10.2 Å². The number of hydrogen-bond donors (Lipinski definition) is 1. The van der Waals surface area contributed by atoms with E-state index >= 15 is 0 Å². The zero-order valence-electron chi connectivity index (χ0n) is 22.7. The largest absolute Gasteiger partial charge is 0.444 e. The van der Waals surface area contributed by atoms with Gasteiger partial charge in [0.15, 0.2) is 0 Å². The molecule has 1 spiro atoms. The summed E-state index contributed by atoms with van der Waals surface area (Å²) >= 11 is 7.30. The molecule has 43 heavy (non-hydrogen) atoms. The molecule has 3 aliphatic heterocycles. The number of nitrogens with zero attached hydrogens (tertiary/aromatic N) is 4. The van der Waals surface area contributed by atoms with Gasteiger partial charge in [-0.15, -0.1) is 0 Å². The Hall–Kier alpha value is -4.79. The molecule has 0 saturated carbocycles. The second kappa shape index (κ2) is 10.2. The van der Waals surface area contributed by atoms with Gasteiger partial charge in [-0.05, 0) is 53.7 Å². The number of carbonyl (C=O) groups is 1. The fraction of sp³-hybridized carbons (Fsp3) is 0.0882. The molecule has 3 aliphatic rings.